The molecule has 0 bridgehead atoms. The van der Waals surface area contributed by atoms with Gasteiger partial charge in [-0.2, -0.15) is 0 Å². The van der Waals surface area contributed by atoms with Crippen LogP contribution in [0.2, 0.25) is 0 Å². The predicted octanol–water partition coefficient (Wildman–Crippen LogP) is 1.65. The molecule has 2 aromatic rings. The van der Waals surface area contributed by atoms with E-state index >= 15 is 0 Å². The lowest BCUT2D eigenvalue weighted by atomic mass is 9.96. The van der Waals surface area contributed by atoms with Gasteiger partial charge in [0, 0.05) is 35.9 Å². The highest BCUT2D eigenvalue weighted by Crippen LogP contribution is 2.48. The lowest BCUT2D eigenvalue weighted by Gasteiger charge is -2.10. The van der Waals surface area contributed by atoms with Gasteiger partial charge in [0.2, 0.25) is 0 Å². The molecular formula is C13H11N3O2. The first kappa shape index (κ1) is 10.8. The van der Waals surface area contributed by atoms with Crippen molar-refractivity contribution in [2.45, 2.75) is 18.3 Å². The number of aliphatic carboxylic acids is 1. The first-order valence-electron chi connectivity index (χ1n) is 5.67. The molecule has 90 valence electrons. The molecule has 5 nitrogen and oxygen atoms in total. The van der Waals surface area contributed by atoms with Crippen molar-refractivity contribution >= 4 is 5.97 Å². The maximum atomic E-state index is 11.3. The molecule has 0 unspecified atom stereocenters. The van der Waals surface area contributed by atoms with Gasteiger partial charge in [-0.15, -0.1) is 0 Å². The molecule has 1 N–H and O–H groups in total. The molecule has 0 radical (unpaired) electrons. The van der Waals surface area contributed by atoms with Crippen molar-refractivity contribution in [2.75, 3.05) is 0 Å². The van der Waals surface area contributed by atoms with E-state index in [1.165, 1.54) is 6.33 Å². The Balaban J connectivity index is 2.03. The van der Waals surface area contributed by atoms with Gasteiger partial charge in [-0.1, -0.05) is 0 Å². The van der Waals surface area contributed by atoms with E-state index in [-0.39, 0.29) is 0 Å². The summed E-state index contributed by atoms with van der Waals surface area (Å²) in [6.45, 7) is 0. The van der Waals surface area contributed by atoms with E-state index in [1.807, 2.05) is 6.07 Å². The molecule has 1 saturated carbocycles. The molecule has 2 aromatic heterocycles. The van der Waals surface area contributed by atoms with Gasteiger partial charge < -0.3 is 5.11 Å². The third kappa shape index (κ3) is 1.64. The van der Waals surface area contributed by atoms with Crippen molar-refractivity contribution in [2.24, 2.45) is 0 Å². The first-order valence-corrected chi connectivity index (χ1v) is 5.67. The molecule has 1 aliphatic carbocycles. The van der Waals surface area contributed by atoms with Crippen molar-refractivity contribution in [1.29, 1.82) is 0 Å². The fourth-order valence-electron chi connectivity index (χ4n) is 2.06. The minimum Gasteiger partial charge on any atom is -0.481 e. The van der Waals surface area contributed by atoms with Crippen LogP contribution >= 0.6 is 0 Å². The largest absolute Gasteiger partial charge is 0.481 e. The smallest absolute Gasteiger partial charge is 0.314 e. The molecule has 5 heteroatoms. The molecular weight excluding hydrogens is 230 g/mol. The number of rotatable bonds is 3. The summed E-state index contributed by atoms with van der Waals surface area (Å²) < 4.78 is 0. The van der Waals surface area contributed by atoms with Gasteiger partial charge in [0.15, 0.2) is 0 Å². The van der Waals surface area contributed by atoms with Gasteiger partial charge in [-0.25, -0.2) is 9.97 Å². The maximum Gasteiger partial charge on any atom is 0.314 e. The summed E-state index contributed by atoms with van der Waals surface area (Å²) in [4.78, 5) is 23.3. The number of carboxylic acid groups (broad SMARTS) is 1. The van der Waals surface area contributed by atoms with E-state index in [9.17, 15) is 9.90 Å². The highest BCUT2D eigenvalue weighted by molar-refractivity contribution is 5.85. The van der Waals surface area contributed by atoms with Crippen LogP contribution < -0.4 is 0 Å². The van der Waals surface area contributed by atoms with Crippen molar-refractivity contribution in [3.63, 3.8) is 0 Å². The second-order valence-electron chi connectivity index (χ2n) is 4.48. The summed E-state index contributed by atoms with van der Waals surface area (Å²) in [5.41, 5.74) is 1.73. The standard InChI is InChI=1S/C13H11N3O2/c17-12(18)13(1-2-13)11-3-9(4-14-7-11)10-5-15-8-16-6-10/h3-8H,1-2H2,(H,17,18). The number of carbonyl (C=O) groups is 1. The van der Waals surface area contributed by atoms with Gasteiger partial charge in [-0.05, 0) is 24.5 Å². The monoisotopic (exact) mass is 241 g/mol. The third-order valence-electron chi connectivity index (χ3n) is 3.34. The van der Waals surface area contributed by atoms with Crippen LogP contribution in [0, 0.1) is 0 Å². The molecule has 0 aliphatic heterocycles. The molecule has 1 fully saturated rings. The lowest BCUT2D eigenvalue weighted by molar-refractivity contribution is -0.140. The SMILES string of the molecule is O=C(O)C1(c2cncc(-c3cncnc3)c2)CC1. The number of carboxylic acids is 1. The summed E-state index contributed by atoms with van der Waals surface area (Å²) in [7, 11) is 0. The summed E-state index contributed by atoms with van der Waals surface area (Å²) in [6, 6.07) is 1.87. The van der Waals surface area contributed by atoms with Crippen molar-refractivity contribution in [3.05, 3.63) is 42.7 Å². The Labute approximate surface area is 104 Å². The zero-order chi connectivity index (χ0) is 12.6. The molecule has 18 heavy (non-hydrogen) atoms. The van der Waals surface area contributed by atoms with Crippen molar-refractivity contribution in [1.82, 2.24) is 15.0 Å². The highest BCUT2D eigenvalue weighted by Gasteiger charge is 2.52. The average Bonchev–Trinajstić information content (AvgIpc) is 3.21. The molecule has 0 aromatic carbocycles. The lowest BCUT2D eigenvalue weighted by Crippen LogP contribution is -2.19. The molecule has 3 rings (SSSR count). The zero-order valence-corrected chi connectivity index (χ0v) is 9.58. The van der Waals surface area contributed by atoms with Crippen LogP contribution in [-0.4, -0.2) is 26.0 Å². The van der Waals surface area contributed by atoms with E-state index in [2.05, 4.69) is 15.0 Å². The Hall–Kier alpha value is -2.30. The predicted molar refractivity (Wildman–Crippen MR) is 63.8 cm³/mol. The van der Waals surface area contributed by atoms with Crippen LogP contribution in [0.1, 0.15) is 18.4 Å². The van der Waals surface area contributed by atoms with Gasteiger partial charge in [0.05, 0.1) is 5.41 Å². The van der Waals surface area contributed by atoms with Crippen LogP contribution in [-0.2, 0) is 10.2 Å². The van der Waals surface area contributed by atoms with Crippen molar-refractivity contribution < 1.29 is 9.90 Å². The normalized spacial score (nSPS) is 16.2. The van der Waals surface area contributed by atoms with Crippen LogP contribution in [0.4, 0.5) is 0 Å². The van der Waals surface area contributed by atoms with Crippen molar-refractivity contribution in [3.8, 4) is 11.1 Å². The fraction of sp³-hybridized carbons (Fsp3) is 0.231. The van der Waals surface area contributed by atoms with Crippen LogP contribution in [0.3, 0.4) is 0 Å². The Morgan fingerprint density at radius 2 is 1.72 bits per heavy atom. The molecule has 0 saturated heterocycles. The maximum absolute atomic E-state index is 11.3. The average molecular weight is 241 g/mol. The highest BCUT2D eigenvalue weighted by atomic mass is 16.4. The minimum absolute atomic E-state index is 0.679. The molecule has 1 aliphatic rings. The van der Waals surface area contributed by atoms with Gasteiger partial charge in [0.25, 0.3) is 0 Å². The molecule has 0 amide bonds. The number of hydrogen-bond donors (Lipinski definition) is 1. The molecule has 0 spiro atoms. The topological polar surface area (TPSA) is 76.0 Å². The van der Waals surface area contributed by atoms with Gasteiger partial charge in [0.1, 0.15) is 6.33 Å². The Bertz CT molecular complexity index is 594. The van der Waals surface area contributed by atoms with E-state index in [0.717, 1.165) is 16.7 Å². The fourth-order valence-corrected chi connectivity index (χ4v) is 2.06. The number of pyridine rings is 1. The second kappa shape index (κ2) is 3.87. The van der Waals surface area contributed by atoms with E-state index in [0.29, 0.717) is 12.8 Å². The van der Waals surface area contributed by atoms with E-state index in [1.54, 1.807) is 24.8 Å². The second-order valence-corrected chi connectivity index (χ2v) is 4.48. The summed E-state index contributed by atoms with van der Waals surface area (Å²) in [5.74, 6) is -0.772. The van der Waals surface area contributed by atoms with Gasteiger partial charge >= 0.3 is 5.97 Å². The van der Waals surface area contributed by atoms with Gasteiger partial charge in [-0.3, -0.25) is 9.78 Å². The zero-order valence-electron chi connectivity index (χ0n) is 9.58. The Morgan fingerprint density at radius 1 is 1.06 bits per heavy atom. The van der Waals surface area contributed by atoms with Crippen LogP contribution in [0.5, 0.6) is 0 Å². The van der Waals surface area contributed by atoms with Crippen LogP contribution in [0.25, 0.3) is 11.1 Å². The van der Waals surface area contributed by atoms with Crippen LogP contribution in [0.15, 0.2) is 37.2 Å². The quantitative estimate of drug-likeness (QED) is 0.884. The number of aromatic nitrogens is 3. The minimum atomic E-state index is -0.772. The number of hydrogen-bond acceptors (Lipinski definition) is 4. The summed E-state index contributed by atoms with van der Waals surface area (Å²) in [5, 5.41) is 9.27. The third-order valence-corrected chi connectivity index (χ3v) is 3.34. The molecule has 2 heterocycles. The van der Waals surface area contributed by atoms with E-state index in [4.69, 9.17) is 0 Å². The summed E-state index contributed by atoms with van der Waals surface area (Å²) >= 11 is 0. The first-order chi connectivity index (χ1) is 8.72. The van der Waals surface area contributed by atoms with E-state index < -0.39 is 11.4 Å². The summed E-state index contributed by atoms with van der Waals surface area (Å²) in [6.07, 6.45) is 9.52. The Kier molecular flexibility index (Phi) is 2.33. The molecule has 0 atom stereocenters. The Morgan fingerprint density at radius 3 is 2.33 bits per heavy atom. The number of nitrogens with zero attached hydrogens (tertiary/aromatic N) is 3.